The largest absolute Gasteiger partial charge is 0.318 e. The van der Waals surface area contributed by atoms with Gasteiger partial charge in [-0.15, -0.1) is 0 Å². The maximum Gasteiger partial charge on any atom is 0.273 e. The van der Waals surface area contributed by atoms with E-state index in [0.29, 0.717) is 23.2 Å². The van der Waals surface area contributed by atoms with E-state index in [4.69, 9.17) is 11.6 Å². The number of nitro groups is 1. The van der Waals surface area contributed by atoms with Crippen LogP contribution in [0.4, 0.5) is 5.69 Å². The Morgan fingerprint density at radius 1 is 1.58 bits per heavy atom. The van der Waals surface area contributed by atoms with Gasteiger partial charge in [0.05, 0.1) is 4.92 Å². The first kappa shape index (κ1) is 14.2. The number of halogens is 1. The minimum absolute atomic E-state index is 0.152. The quantitative estimate of drug-likeness (QED) is 0.666. The molecule has 1 aromatic rings. The topological polar surface area (TPSA) is 58.4 Å². The van der Waals surface area contributed by atoms with E-state index in [1.165, 1.54) is 6.07 Å². The fraction of sp³-hybridized carbons (Fsp3) is 0.538. The van der Waals surface area contributed by atoms with Crippen LogP contribution >= 0.6 is 11.6 Å². The van der Waals surface area contributed by atoms with Gasteiger partial charge in [-0.1, -0.05) is 11.6 Å². The Morgan fingerprint density at radius 2 is 2.37 bits per heavy atom. The molecule has 0 bridgehead atoms. The summed E-state index contributed by atoms with van der Waals surface area (Å²) < 4.78 is 0. The van der Waals surface area contributed by atoms with E-state index in [1.807, 2.05) is 7.05 Å². The molecule has 0 aliphatic carbocycles. The Kier molecular flexibility index (Phi) is 4.74. The normalized spacial score (nSPS) is 19.8. The summed E-state index contributed by atoms with van der Waals surface area (Å²) in [5.74, 6) is 0. The van der Waals surface area contributed by atoms with Crippen LogP contribution in [0.15, 0.2) is 18.2 Å². The molecule has 104 valence electrons. The van der Waals surface area contributed by atoms with Crippen LogP contribution in [0.5, 0.6) is 0 Å². The van der Waals surface area contributed by atoms with E-state index in [-0.39, 0.29) is 10.6 Å². The van der Waals surface area contributed by atoms with E-state index >= 15 is 0 Å². The Balaban J connectivity index is 2.17. The molecule has 6 heteroatoms. The molecule has 0 aromatic heterocycles. The number of hydrogen-bond donors (Lipinski definition) is 1. The summed E-state index contributed by atoms with van der Waals surface area (Å²) in [4.78, 5) is 13.0. The van der Waals surface area contributed by atoms with Crippen molar-refractivity contribution in [3.63, 3.8) is 0 Å². The SMILES string of the molecule is CNCC1CCCN1Cc1cc(Cl)ccc1[N+](=O)[O-]. The van der Waals surface area contributed by atoms with Gasteiger partial charge in [-0.25, -0.2) is 0 Å². The fourth-order valence-electron chi connectivity index (χ4n) is 2.65. The van der Waals surface area contributed by atoms with Crippen LogP contribution in [0.1, 0.15) is 18.4 Å². The summed E-state index contributed by atoms with van der Waals surface area (Å²) in [5.41, 5.74) is 0.847. The molecule has 1 aliphatic rings. The molecule has 19 heavy (non-hydrogen) atoms. The molecule has 1 N–H and O–H groups in total. The van der Waals surface area contributed by atoms with Crippen LogP contribution < -0.4 is 5.32 Å². The lowest BCUT2D eigenvalue weighted by atomic mass is 10.1. The van der Waals surface area contributed by atoms with Crippen molar-refractivity contribution in [1.29, 1.82) is 0 Å². The van der Waals surface area contributed by atoms with Crippen LogP contribution in [0.2, 0.25) is 5.02 Å². The van der Waals surface area contributed by atoms with Crippen molar-refractivity contribution < 1.29 is 4.92 Å². The molecule has 5 nitrogen and oxygen atoms in total. The molecule has 1 fully saturated rings. The first-order valence-corrected chi connectivity index (χ1v) is 6.81. The van der Waals surface area contributed by atoms with E-state index in [2.05, 4.69) is 10.2 Å². The van der Waals surface area contributed by atoms with Crippen LogP contribution in [0.3, 0.4) is 0 Å². The number of nitro benzene ring substituents is 1. The number of nitrogens with zero attached hydrogens (tertiary/aromatic N) is 2. The number of likely N-dealkylation sites (tertiary alicyclic amines) is 1. The lowest BCUT2D eigenvalue weighted by Gasteiger charge is -2.24. The van der Waals surface area contributed by atoms with Gasteiger partial charge >= 0.3 is 0 Å². The Morgan fingerprint density at radius 3 is 3.05 bits per heavy atom. The average Bonchev–Trinajstić information content (AvgIpc) is 2.77. The van der Waals surface area contributed by atoms with Crippen LogP contribution in [-0.4, -0.2) is 36.0 Å². The highest BCUT2D eigenvalue weighted by Crippen LogP contribution is 2.27. The molecular weight excluding hydrogens is 266 g/mol. The van der Waals surface area contributed by atoms with Crippen molar-refractivity contribution >= 4 is 17.3 Å². The van der Waals surface area contributed by atoms with Crippen LogP contribution in [0, 0.1) is 10.1 Å². The third kappa shape index (κ3) is 3.43. The van der Waals surface area contributed by atoms with Gasteiger partial charge in [0.15, 0.2) is 0 Å². The zero-order valence-electron chi connectivity index (χ0n) is 10.9. The molecule has 1 aromatic carbocycles. The van der Waals surface area contributed by atoms with Crippen molar-refractivity contribution in [3.05, 3.63) is 38.9 Å². The van der Waals surface area contributed by atoms with Crippen LogP contribution in [-0.2, 0) is 6.54 Å². The minimum Gasteiger partial charge on any atom is -0.318 e. The summed E-state index contributed by atoms with van der Waals surface area (Å²) in [5, 5.41) is 14.8. The third-order valence-electron chi connectivity index (χ3n) is 3.55. The highest BCUT2D eigenvalue weighted by molar-refractivity contribution is 6.30. The van der Waals surface area contributed by atoms with Crippen molar-refractivity contribution in [2.75, 3.05) is 20.1 Å². The number of benzene rings is 1. The number of hydrogen-bond acceptors (Lipinski definition) is 4. The van der Waals surface area contributed by atoms with E-state index in [9.17, 15) is 10.1 Å². The maximum atomic E-state index is 11.0. The molecule has 1 atom stereocenters. The molecule has 1 unspecified atom stereocenters. The Bertz CT molecular complexity index is 467. The Labute approximate surface area is 117 Å². The van der Waals surface area contributed by atoms with Gasteiger partial charge < -0.3 is 5.32 Å². The van der Waals surface area contributed by atoms with Gasteiger partial charge in [-0.3, -0.25) is 15.0 Å². The summed E-state index contributed by atoms with van der Waals surface area (Å²) in [6.45, 7) is 2.48. The number of nitrogens with one attached hydrogen (secondary N) is 1. The summed E-state index contributed by atoms with van der Waals surface area (Å²) in [6, 6.07) is 5.21. The van der Waals surface area contributed by atoms with Crippen molar-refractivity contribution in [2.24, 2.45) is 0 Å². The smallest absolute Gasteiger partial charge is 0.273 e. The summed E-state index contributed by atoms with van der Waals surface area (Å²) in [6.07, 6.45) is 2.27. The molecule has 1 saturated heterocycles. The zero-order valence-corrected chi connectivity index (χ0v) is 11.7. The van der Waals surface area contributed by atoms with E-state index < -0.39 is 0 Å². The second kappa shape index (κ2) is 6.32. The van der Waals surface area contributed by atoms with Gasteiger partial charge in [0.25, 0.3) is 5.69 Å². The monoisotopic (exact) mass is 283 g/mol. The van der Waals surface area contributed by atoms with Crippen LogP contribution in [0.25, 0.3) is 0 Å². The standard InChI is InChI=1S/C13H18ClN3O2/c1-15-8-12-3-2-6-16(12)9-10-7-11(14)4-5-13(10)17(18)19/h4-5,7,12,15H,2-3,6,8-9H2,1H3. The predicted molar refractivity (Wildman–Crippen MR) is 75.5 cm³/mol. The second-order valence-electron chi connectivity index (χ2n) is 4.85. The average molecular weight is 284 g/mol. The molecule has 0 spiro atoms. The zero-order chi connectivity index (χ0) is 13.8. The number of likely N-dealkylation sites (N-methyl/N-ethyl adjacent to an activating group) is 1. The summed E-state index contributed by atoms with van der Waals surface area (Å²) >= 11 is 5.95. The van der Waals surface area contributed by atoms with E-state index in [1.54, 1.807) is 12.1 Å². The highest BCUT2D eigenvalue weighted by Gasteiger charge is 2.26. The second-order valence-corrected chi connectivity index (χ2v) is 5.29. The maximum absolute atomic E-state index is 11.0. The van der Waals surface area contributed by atoms with Gasteiger partial charge in [-0.05, 0) is 38.6 Å². The van der Waals surface area contributed by atoms with Gasteiger partial charge in [0.1, 0.15) is 0 Å². The molecule has 2 rings (SSSR count). The first-order chi connectivity index (χ1) is 9.11. The van der Waals surface area contributed by atoms with Gasteiger partial charge in [0, 0.05) is 35.8 Å². The number of rotatable bonds is 5. The van der Waals surface area contributed by atoms with Crippen molar-refractivity contribution in [1.82, 2.24) is 10.2 Å². The molecule has 1 heterocycles. The van der Waals surface area contributed by atoms with Crippen molar-refractivity contribution in [3.8, 4) is 0 Å². The Hall–Kier alpha value is -1.17. The molecule has 0 radical (unpaired) electrons. The van der Waals surface area contributed by atoms with Gasteiger partial charge in [-0.2, -0.15) is 0 Å². The predicted octanol–water partition coefficient (Wildman–Crippen LogP) is 2.43. The fourth-order valence-corrected chi connectivity index (χ4v) is 2.84. The summed E-state index contributed by atoms with van der Waals surface area (Å²) in [7, 11) is 1.93. The third-order valence-corrected chi connectivity index (χ3v) is 3.79. The molecule has 0 amide bonds. The minimum atomic E-state index is -0.338. The molecule has 0 saturated carbocycles. The molecular formula is C13H18ClN3O2. The first-order valence-electron chi connectivity index (χ1n) is 6.43. The molecule has 1 aliphatic heterocycles. The lowest BCUT2D eigenvalue weighted by Crippen LogP contribution is -2.36. The lowest BCUT2D eigenvalue weighted by molar-refractivity contribution is -0.385. The highest BCUT2D eigenvalue weighted by atomic mass is 35.5. The van der Waals surface area contributed by atoms with E-state index in [0.717, 1.165) is 25.9 Å². The van der Waals surface area contributed by atoms with Gasteiger partial charge in [0.2, 0.25) is 0 Å². The van der Waals surface area contributed by atoms with Crippen molar-refractivity contribution in [2.45, 2.75) is 25.4 Å².